The number of nitrogens with one attached hydrogen (secondary N) is 2. The minimum Gasteiger partial charge on any atom is -0.367 e. The Labute approximate surface area is 149 Å². The Morgan fingerprint density at radius 3 is 2.60 bits per heavy atom. The molecule has 6 nitrogen and oxygen atoms in total. The summed E-state index contributed by atoms with van der Waals surface area (Å²) in [6.07, 6.45) is 3.20. The van der Waals surface area contributed by atoms with Gasteiger partial charge >= 0.3 is 5.69 Å². The number of rotatable bonds is 6. The van der Waals surface area contributed by atoms with Crippen molar-refractivity contribution in [3.05, 3.63) is 82.0 Å². The molecule has 0 spiro atoms. The fourth-order valence-corrected chi connectivity index (χ4v) is 2.49. The molecule has 0 atom stereocenters. The normalized spacial score (nSPS) is 10.6. The molecule has 0 aliphatic rings. The van der Waals surface area contributed by atoms with E-state index in [-0.39, 0.29) is 24.8 Å². The maximum atomic E-state index is 11.9. The van der Waals surface area contributed by atoms with Crippen molar-refractivity contribution in [2.75, 3.05) is 11.9 Å². The van der Waals surface area contributed by atoms with Gasteiger partial charge < -0.3 is 15.0 Å². The number of aromatic amines is 1. The van der Waals surface area contributed by atoms with Gasteiger partial charge in [-0.3, -0.25) is 9.36 Å². The van der Waals surface area contributed by atoms with Gasteiger partial charge in [0, 0.05) is 23.1 Å². The van der Waals surface area contributed by atoms with Crippen molar-refractivity contribution in [1.82, 2.24) is 9.55 Å². The molecule has 128 valence electrons. The van der Waals surface area contributed by atoms with E-state index < -0.39 is 0 Å². The first kappa shape index (κ1) is 17.0. The van der Waals surface area contributed by atoms with Crippen LogP contribution in [0, 0.1) is 0 Å². The van der Waals surface area contributed by atoms with Crippen LogP contribution in [0.3, 0.4) is 0 Å². The van der Waals surface area contributed by atoms with E-state index in [2.05, 4.69) is 10.3 Å². The van der Waals surface area contributed by atoms with Crippen LogP contribution < -0.4 is 11.0 Å². The summed E-state index contributed by atoms with van der Waals surface area (Å²) in [7, 11) is 0. The highest BCUT2D eigenvalue weighted by atomic mass is 35.5. The molecule has 2 aromatic carbocycles. The molecule has 3 rings (SSSR count). The number of ether oxygens (including phenoxy) is 1. The van der Waals surface area contributed by atoms with Crippen molar-refractivity contribution >= 4 is 23.2 Å². The van der Waals surface area contributed by atoms with E-state index >= 15 is 0 Å². The number of imidazole rings is 1. The van der Waals surface area contributed by atoms with Gasteiger partial charge in [-0.1, -0.05) is 29.8 Å². The van der Waals surface area contributed by atoms with Crippen molar-refractivity contribution < 1.29 is 9.53 Å². The van der Waals surface area contributed by atoms with Gasteiger partial charge in [-0.15, -0.1) is 0 Å². The molecule has 1 aromatic heterocycles. The molecule has 0 radical (unpaired) electrons. The van der Waals surface area contributed by atoms with Crippen LogP contribution >= 0.6 is 11.6 Å². The van der Waals surface area contributed by atoms with Gasteiger partial charge in [0.1, 0.15) is 6.61 Å². The van der Waals surface area contributed by atoms with Crippen LogP contribution in [0.1, 0.15) is 5.56 Å². The quantitative estimate of drug-likeness (QED) is 0.712. The van der Waals surface area contributed by atoms with Gasteiger partial charge in [-0.2, -0.15) is 0 Å². The van der Waals surface area contributed by atoms with Crippen molar-refractivity contribution in [1.29, 1.82) is 0 Å². The van der Waals surface area contributed by atoms with Crippen molar-refractivity contribution in [3.63, 3.8) is 0 Å². The fourth-order valence-electron chi connectivity index (χ4n) is 2.30. The molecule has 0 aliphatic carbocycles. The van der Waals surface area contributed by atoms with Crippen LogP contribution in [-0.4, -0.2) is 22.1 Å². The predicted octanol–water partition coefficient (Wildman–Crippen LogP) is 2.97. The number of hydrogen-bond donors (Lipinski definition) is 2. The number of halogens is 1. The van der Waals surface area contributed by atoms with E-state index in [9.17, 15) is 9.59 Å². The second kappa shape index (κ2) is 7.83. The number of benzene rings is 2. The zero-order valence-corrected chi connectivity index (χ0v) is 14.0. The van der Waals surface area contributed by atoms with Gasteiger partial charge in [-0.25, -0.2) is 4.79 Å². The fraction of sp³-hybridized carbons (Fsp3) is 0.111. The molecule has 0 bridgehead atoms. The highest BCUT2D eigenvalue weighted by molar-refractivity contribution is 6.31. The lowest BCUT2D eigenvalue weighted by molar-refractivity contribution is -0.121. The number of hydrogen-bond acceptors (Lipinski definition) is 3. The number of aromatic nitrogens is 2. The summed E-state index contributed by atoms with van der Waals surface area (Å²) >= 11 is 6.03. The van der Waals surface area contributed by atoms with Crippen molar-refractivity contribution in [2.45, 2.75) is 6.61 Å². The highest BCUT2D eigenvalue weighted by Crippen LogP contribution is 2.16. The topological polar surface area (TPSA) is 76.1 Å². The Kier molecular flexibility index (Phi) is 5.33. The van der Waals surface area contributed by atoms with E-state index in [0.717, 1.165) is 5.56 Å². The predicted molar refractivity (Wildman–Crippen MR) is 96.1 cm³/mol. The Hall–Kier alpha value is -2.83. The minimum absolute atomic E-state index is 0.0791. The van der Waals surface area contributed by atoms with Gasteiger partial charge in [-0.05, 0) is 35.9 Å². The molecule has 7 heteroatoms. The van der Waals surface area contributed by atoms with Gasteiger partial charge in [0.15, 0.2) is 0 Å². The molecule has 2 N–H and O–H groups in total. The van der Waals surface area contributed by atoms with Crippen LogP contribution in [0.15, 0.2) is 65.7 Å². The van der Waals surface area contributed by atoms with E-state index in [1.165, 1.54) is 4.57 Å². The molecular weight excluding hydrogens is 342 g/mol. The summed E-state index contributed by atoms with van der Waals surface area (Å²) in [5.74, 6) is -0.265. The van der Waals surface area contributed by atoms with Crippen LogP contribution in [0.2, 0.25) is 5.02 Å². The standard InChI is InChI=1S/C18H16ClN3O3/c19-16-4-2-1-3-13(16)11-25-12-17(23)21-14-5-7-15(8-6-14)22-10-9-20-18(22)24/h1-10H,11-12H2,(H,20,24)(H,21,23). The molecule has 1 amide bonds. The Morgan fingerprint density at radius 1 is 1.16 bits per heavy atom. The van der Waals surface area contributed by atoms with E-state index in [1.807, 2.05) is 18.2 Å². The summed E-state index contributed by atoms with van der Waals surface area (Å²) in [5.41, 5.74) is 1.95. The second-order valence-electron chi connectivity index (χ2n) is 5.31. The Bertz CT molecular complexity index is 916. The molecule has 0 saturated heterocycles. The van der Waals surface area contributed by atoms with Crippen LogP contribution in [0.25, 0.3) is 5.69 Å². The van der Waals surface area contributed by atoms with Crippen LogP contribution in [-0.2, 0) is 16.1 Å². The third kappa shape index (κ3) is 4.37. The first-order valence-electron chi connectivity index (χ1n) is 7.61. The average Bonchev–Trinajstić information content (AvgIpc) is 3.03. The van der Waals surface area contributed by atoms with Gasteiger partial charge in [0.25, 0.3) is 0 Å². The van der Waals surface area contributed by atoms with Crippen molar-refractivity contribution in [3.8, 4) is 5.69 Å². The first-order valence-corrected chi connectivity index (χ1v) is 7.99. The molecular formula is C18H16ClN3O3. The zero-order valence-electron chi connectivity index (χ0n) is 13.2. The SMILES string of the molecule is O=C(COCc1ccccc1Cl)Nc1ccc(-n2cc[nH]c2=O)cc1. The monoisotopic (exact) mass is 357 g/mol. The molecule has 0 unspecified atom stereocenters. The maximum Gasteiger partial charge on any atom is 0.330 e. The van der Waals surface area contributed by atoms with Gasteiger partial charge in [0.2, 0.25) is 5.91 Å². The third-order valence-corrected chi connectivity index (χ3v) is 3.90. The smallest absolute Gasteiger partial charge is 0.330 e. The molecule has 0 aliphatic heterocycles. The zero-order chi connectivity index (χ0) is 17.6. The van der Waals surface area contributed by atoms with Crippen LogP contribution in [0.4, 0.5) is 5.69 Å². The number of anilines is 1. The second-order valence-corrected chi connectivity index (χ2v) is 5.72. The first-order chi connectivity index (χ1) is 12.1. The van der Waals surface area contributed by atoms with Crippen LogP contribution in [0.5, 0.6) is 0 Å². The Morgan fingerprint density at radius 2 is 1.92 bits per heavy atom. The molecule has 25 heavy (non-hydrogen) atoms. The summed E-state index contributed by atoms with van der Waals surface area (Å²) in [6.45, 7) is 0.187. The maximum absolute atomic E-state index is 11.9. The van der Waals surface area contributed by atoms with E-state index in [1.54, 1.807) is 42.7 Å². The Balaban J connectivity index is 1.52. The van der Waals surface area contributed by atoms with Gasteiger partial charge in [0.05, 0.1) is 12.3 Å². The number of H-pyrrole nitrogens is 1. The summed E-state index contributed by atoms with van der Waals surface area (Å²) in [5, 5.41) is 3.35. The number of carbonyl (C=O) groups is 1. The molecule has 0 fully saturated rings. The number of amides is 1. The summed E-state index contributed by atoms with van der Waals surface area (Å²) in [4.78, 5) is 26.0. The molecule has 1 heterocycles. The highest BCUT2D eigenvalue weighted by Gasteiger charge is 2.05. The number of carbonyl (C=O) groups excluding carboxylic acids is 1. The van der Waals surface area contributed by atoms with Crippen molar-refractivity contribution in [2.24, 2.45) is 0 Å². The molecule has 3 aromatic rings. The average molecular weight is 358 g/mol. The summed E-state index contributed by atoms with van der Waals surface area (Å²) in [6, 6.07) is 14.3. The minimum atomic E-state index is -0.265. The third-order valence-electron chi connectivity index (χ3n) is 3.53. The van der Waals surface area contributed by atoms with E-state index in [0.29, 0.717) is 16.4 Å². The summed E-state index contributed by atoms with van der Waals surface area (Å²) < 4.78 is 6.86. The lowest BCUT2D eigenvalue weighted by atomic mass is 10.2. The number of nitrogens with zero attached hydrogens (tertiary/aromatic N) is 1. The lowest BCUT2D eigenvalue weighted by Gasteiger charge is -2.08. The molecule has 0 saturated carbocycles. The van der Waals surface area contributed by atoms with E-state index in [4.69, 9.17) is 16.3 Å². The largest absolute Gasteiger partial charge is 0.367 e. The lowest BCUT2D eigenvalue weighted by Crippen LogP contribution is -2.18.